The molecule has 1 atom stereocenters. The van der Waals surface area contributed by atoms with Crippen LogP contribution in [0.5, 0.6) is 0 Å². The Morgan fingerprint density at radius 3 is 1.03 bits per heavy atom. The summed E-state index contributed by atoms with van der Waals surface area (Å²) in [7, 11) is 0. The van der Waals surface area contributed by atoms with Crippen LogP contribution < -0.4 is 0 Å². The Bertz CT molecular complexity index is 1480. The van der Waals surface area contributed by atoms with Crippen LogP contribution in [0.1, 0.15) is 213 Å². The lowest BCUT2D eigenvalue weighted by Gasteiger charge is -2.18. The second-order valence-corrected chi connectivity index (χ2v) is 17.0. The number of allylic oxidation sites excluding steroid dienone is 22. The highest BCUT2D eigenvalue weighted by Crippen LogP contribution is 2.11. The molecule has 0 saturated heterocycles. The molecule has 0 spiro atoms. The van der Waals surface area contributed by atoms with Gasteiger partial charge in [0.2, 0.25) is 0 Å². The molecule has 0 bridgehead atoms. The van der Waals surface area contributed by atoms with Crippen molar-refractivity contribution in [2.45, 2.75) is 219 Å². The lowest BCUT2D eigenvalue weighted by atomic mass is 10.1. The Morgan fingerprint density at radius 2 is 0.612 bits per heavy atom. The summed E-state index contributed by atoms with van der Waals surface area (Å²) in [5.41, 5.74) is 0. The van der Waals surface area contributed by atoms with Gasteiger partial charge in [-0.1, -0.05) is 199 Å². The molecule has 0 aromatic rings. The van der Waals surface area contributed by atoms with Crippen LogP contribution in [0, 0.1) is 0 Å². The summed E-state index contributed by atoms with van der Waals surface area (Å²) >= 11 is 0. The van der Waals surface area contributed by atoms with Crippen molar-refractivity contribution in [3.63, 3.8) is 0 Å². The minimum Gasteiger partial charge on any atom is -0.462 e. The third-order valence-corrected chi connectivity index (χ3v) is 10.6. The van der Waals surface area contributed by atoms with E-state index in [1.54, 1.807) is 0 Å². The highest BCUT2D eigenvalue weighted by molar-refractivity contribution is 5.71. The molecular formula is C61H96O6. The Balaban J connectivity index is 4.61. The number of carbonyl (C=O) groups is 3. The molecule has 0 aromatic heterocycles. The van der Waals surface area contributed by atoms with Crippen LogP contribution in [0.4, 0.5) is 0 Å². The van der Waals surface area contributed by atoms with Crippen molar-refractivity contribution in [1.82, 2.24) is 0 Å². The van der Waals surface area contributed by atoms with Crippen molar-refractivity contribution < 1.29 is 28.6 Å². The molecule has 0 N–H and O–H groups in total. The maximum absolute atomic E-state index is 12.8. The summed E-state index contributed by atoms with van der Waals surface area (Å²) < 4.78 is 16.7. The van der Waals surface area contributed by atoms with E-state index >= 15 is 0 Å². The Labute approximate surface area is 411 Å². The zero-order valence-electron chi connectivity index (χ0n) is 42.9. The molecule has 0 fully saturated rings. The summed E-state index contributed by atoms with van der Waals surface area (Å²) in [6.45, 7) is 6.34. The van der Waals surface area contributed by atoms with Gasteiger partial charge in [-0.2, -0.15) is 0 Å². The molecule has 0 amide bonds. The van der Waals surface area contributed by atoms with Crippen molar-refractivity contribution in [3.8, 4) is 0 Å². The van der Waals surface area contributed by atoms with Gasteiger partial charge in [0, 0.05) is 19.3 Å². The maximum atomic E-state index is 12.8. The van der Waals surface area contributed by atoms with Gasteiger partial charge in [-0.3, -0.25) is 14.4 Å². The van der Waals surface area contributed by atoms with E-state index in [1.165, 1.54) is 51.4 Å². The minimum atomic E-state index is -0.839. The Kier molecular flexibility index (Phi) is 50.6. The van der Waals surface area contributed by atoms with Crippen LogP contribution in [-0.4, -0.2) is 37.2 Å². The fourth-order valence-electron chi connectivity index (χ4n) is 6.62. The van der Waals surface area contributed by atoms with E-state index in [9.17, 15) is 14.4 Å². The molecular weight excluding hydrogens is 829 g/mol. The SMILES string of the molecule is CC/C=C\C/C=C\C/C=C\C/C=C\C/C=C\C/C=C\CCC(=O)OC[C@H](COC(=O)CCCCCCC/C=C\C/C=C\CCCCC)OC(=O)CCCC/C=C\C/C=C\C/C=C\CCCCC. The summed E-state index contributed by atoms with van der Waals surface area (Å²) in [5.74, 6) is -1.08. The number of hydrogen-bond acceptors (Lipinski definition) is 6. The summed E-state index contributed by atoms with van der Waals surface area (Å²) in [6, 6.07) is 0. The van der Waals surface area contributed by atoms with Crippen LogP contribution in [0.2, 0.25) is 0 Å². The maximum Gasteiger partial charge on any atom is 0.306 e. The predicted molar refractivity (Wildman–Crippen MR) is 288 cm³/mol. The largest absolute Gasteiger partial charge is 0.462 e. The van der Waals surface area contributed by atoms with E-state index in [1.807, 2.05) is 12.2 Å². The van der Waals surface area contributed by atoms with E-state index in [2.05, 4.69) is 142 Å². The summed E-state index contributed by atoms with van der Waals surface area (Å²) in [6.07, 6.45) is 75.9. The monoisotopic (exact) mass is 925 g/mol. The highest BCUT2D eigenvalue weighted by atomic mass is 16.6. The lowest BCUT2D eigenvalue weighted by Crippen LogP contribution is -2.30. The van der Waals surface area contributed by atoms with Crippen molar-refractivity contribution in [3.05, 3.63) is 134 Å². The topological polar surface area (TPSA) is 78.9 Å². The van der Waals surface area contributed by atoms with E-state index in [4.69, 9.17) is 14.2 Å². The molecule has 0 saturated carbocycles. The van der Waals surface area contributed by atoms with Gasteiger partial charge in [0.15, 0.2) is 6.10 Å². The summed E-state index contributed by atoms with van der Waals surface area (Å²) in [5, 5.41) is 0. The number of esters is 3. The molecule has 376 valence electrons. The van der Waals surface area contributed by atoms with Gasteiger partial charge in [-0.15, -0.1) is 0 Å². The van der Waals surface area contributed by atoms with Crippen molar-refractivity contribution in [1.29, 1.82) is 0 Å². The second kappa shape index (κ2) is 54.2. The van der Waals surface area contributed by atoms with E-state index in [0.717, 1.165) is 109 Å². The van der Waals surface area contributed by atoms with E-state index < -0.39 is 6.10 Å². The van der Waals surface area contributed by atoms with Crippen LogP contribution in [0.25, 0.3) is 0 Å². The number of rotatable bonds is 46. The second-order valence-electron chi connectivity index (χ2n) is 17.0. The lowest BCUT2D eigenvalue weighted by molar-refractivity contribution is -0.166. The Hall–Kier alpha value is -4.45. The number of hydrogen-bond donors (Lipinski definition) is 0. The van der Waals surface area contributed by atoms with E-state index in [0.29, 0.717) is 19.3 Å². The molecule has 6 heteroatoms. The zero-order valence-corrected chi connectivity index (χ0v) is 42.9. The van der Waals surface area contributed by atoms with Gasteiger partial charge in [-0.25, -0.2) is 0 Å². The first-order chi connectivity index (χ1) is 33.0. The van der Waals surface area contributed by atoms with Crippen LogP contribution >= 0.6 is 0 Å². The van der Waals surface area contributed by atoms with Gasteiger partial charge >= 0.3 is 17.9 Å². The third kappa shape index (κ3) is 52.4. The molecule has 0 unspecified atom stereocenters. The van der Waals surface area contributed by atoms with Gasteiger partial charge < -0.3 is 14.2 Å². The van der Waals surface area contributed by atoms with Crippen molar-refractivity contribution >= 4 is 17.9 Å². The van der Waals surface area contributed by atoms with Crippen LogP contribution in [0.3, 0.4) is 0 Å². The van der Waals surface area contributed by atoms with E-state index in [-0.39, 0.29) is 44.0 Å². The molecule has 0 rings (SSSR count). The van der Waals surface area contributed by atoms with Gasteiger partial charge in [0.25, 0.3) is 0 Å². The number of unbranched alkanes of at least 4 members (excludes halogenated alkanes) is 13. The molecule has 0 aromatic carbocycles. The highest BCUT2D eigenvalue weighted by Gasteiger charge is 2.19. The van der Waals surface area contributed by atoms with Crippen LogP contribution in [0.15, 0.2) is 134 Å². The number of carbonyl (C=O) groups excluding carboxylic acids is 3. The number of ether oxygens (including phenoxy) is 3. The zero-order chi connectivity index (χ0) is 48.6. The van der Waals surface area contributed by atoms with Crippen molar-refractivity contribution in [2.75, 3.05) is 13.2 Å². The first-order valence-electron chi connectivity index (χ1n) is 26.7. The Morgan fingerprint density at radius 1 is 0.313 bits per heavy atom. The molecule has 0 aliphatic heterocycles. The smallest absolute Gasteiger partial charge is 0.306 e. The fourth-order valence-corrected chi connectivity index (χ4v) is 6.62. The quantitative estimate of drug-likeness (QED) is 0.0262. The van der Waals surface area contributed by atoms with Gasteiger partial charge in [0.1, 0.15) is 13.2 Å². The average Bonchev–Trinajstić information content (AvgIpc) is 3.33. The predicted octanol–water partition coefficient (Wildman–Crippen LogP) is 17.9. The van der Waals surface area contributed by atoms with Gasteiger partial charge in [0.05, 0.1) is 0 Å². The first-order valence-corrected chi connectivity index (χ1v) is 26.7. The average molecular weight is 925 g/mol. The first kappa shape index (κ1) is 62.5. The fraction of sp³-hybridized carbons (Fsp3) is 0.590. The normalized spacial score (nSPS) is 13.2. The standard InChI is InChI=1S/C61H96O6/c1-4-7-10-13-16-19-22-25-28-29-30-31-34-36-39-42-45-48-51-54-60(63)66-57-58(67-61(64)55-52-49-46-43-40-37-33-27-24-21-18-15-12-9-6-3)56-65-59(62)53-50-47-44-41-38-35-32-26-23-20-17-14-11-8-5-2/h7,10,16-21,25-28,30-33,36,39-40,43,45,48,58H,4-6,8-9,11-15,22-24,29,34-35,37-38,41-42,44,46-47,49-57H2,1-3H3/b10-7-,19-16-,20-17-,21-18-,28-25-,31-30-,32-26-,33-27-,39-36-,43-40-,48-45-/t58-/m0/s1. The third-order valence-electron chi connectivity index (χ3n) is 10.6. The van der Waals surface area contributed by atoms with Crippen LogP contribution in [-0.2, 0) is 28.6 Å². The molecule has 0 heterocycles. The van der Waals surface area contributed by atoms with Crippen molar-refractivity contribution in [2.24, 2.45) is 0 Å². The van der Waals surface area contributed by atoms with Gasteiger partial charge in [-0.05, 0) is 128 Å². The molecule has 6 nitrogen and oxygen atoms in total. The molecule has 0 aliphatic rings. The molecule has 67 heavy (non-hydrogen) atoms. The molecule has 0 radical (unpaired) electrons. The molecule has 0 aliphatic carbocycles. The minimum absolute atomic E-state index is 0.129. The summed E-state index contributed by atoms with van der Waals surface area (Å²) in [4.78, 5) is 38.0.